The van der Waals surface area contributed by atoms with Gasteiger partial charge in [0.2, 0.25) is 82.7 Å². The van der Waals surface area contributed by atoms with Crippen molar-refractivity contribution in [3.8, 4) is 0 Å². The van der Waals surface area contributed by atoms with E-state index < -0.39 is 291 Å². The van der Waals surface area contributed by atoms with Crippen LogP contribution in [-0.4, -0.2) is 305 Å². The zero-order valence-corrected chi connectivity index (χ0v) is 67.0. The quantitative estimate of drug-likeness (QED) is 0.0153. The van der Waals surface area contributed by atoms with Gasteiger partial charge in [-0.3, -0.25) is 101 Å². The monoisotopic (exact) mass is 1700 g/mol. The van der Waals surface area contributed by atoms with Gasteiger partial charge in [0.05, 0.1) is 43.7 Å². The number of aliphatic carboxylic acids is 6. The summed E-state index contributed by atoms with van der Waals surface area (Å²) >= 11 is 0. The van der Waals surface area contributed by atoms with Crippen molar-refractivity contribution < 1.29 is 142 Å². The van der Waals surface area contributed by atoms with Crippen LogP contribution in [0.2, 0.25) is 0 Å². The highest BCUT2D eigenvalue weighted by molar-refractivity contribution is 6.01. The fourth-order valence-corrected chi connectivity index (χ4v) is 10.6. The second kappa shape index (κ2) is 54.6. The number of carbonyl (C=O) groups is 20. The molecule has 0 saturated carbocycles. The van der Waals surface area contributed by atoms with Gasteiger partial charge in [0.1, 0.15) is 78.5 Å². The Hall–Kier alpha value is -12.3. The van der Waals surface area contributed by atoms with Crippen LogP contribution in [0.25, 0.3) is 0 Å². The van der Waals surface area contributed by atoms with Crippen molar-refractivity contribution >= 4 is 130 Å². The number of rotatable bonds is 59. The summed E-state index contributed by atoms with van der Waals surface area (Å²) in [6, 6.07) is -25.1. The predicted molar refractivity (Wildman–Crippen MR) is 412 cm³/mol. The van der Waals surface area contributed by atoms with Crippen LogP contribution in [0.5, 0.6) is 0 Å². The van der Waals surface area contributed by atoms with Crippen molar-refractivity contribution in [3.05, 3.63) is 0 Å². The Morgan fingerprint density at radius 2 is 0.613 bits per heavy atom. The van der Waals surface area contributed by atoms with Gasteiger partial charge in [0, 0.05) is 32.4 Å². The first-order valence-electron chi connectivity index (χ1n) is 37.5. The fraction of sp³-hybridized carbons (Fsp3) is 0.676. The van der Waals surface area contributed by atoms with Gasteiger partial charge in [0.25, 0.3) is 0 Å². The van der Waals surface area contributed by atoms with Crippen LogP contribution in [-0.2, 0) is 95.9 Å². The van der Waals surface area contributed by atoms with Gasteiger partial charge in [-0.1, -0.05) is 27.7 Å². The molecule has 35 N–H and O–H groups in total. The van der Waals surface area contributed by atoms with Gasteiger partial charge < -0.3 is 155 Å². The van der Waals surface area contributed by atoms with Crippen molar-refractivity contribution in [1.82, 2.24) is 74.4 Å². The molecular formula is C68H116N22O29. The van der Waals surface area contributed by atoms with E-state index in [4.69, 9.17) is 39.5 Å². The number of hydrogen-bond acceptors (Lipinski definition) is 27. The molecule has 0 unspecified atom stereocenters. The largest absolute Gasteiger partial charge is 0.481 e. The first kappa shape index (κ1) is 107. The molecule has 51 heteroatoms. The Kier molecular flexibility index (Phi) is 49.0. The third-order valence-electron chi connectivity index (χ3n) is 17.2. The lowest BCUT2D eigenvalue weighted by molar-refractivity contribution is -0.144. The molecule has 0 rings (SSSR count). The minimum absolute atomic E-state index is 0.0216. The van der Waals surface area contributed by atoms with Crippen molar-refractivity contribution in [3.63, 3.8) is 0 Å². The maximum atomic E-state index is 14.4. The number of carbonyl (C=O) groups excluding carboxylic acids is 14. The Labute approximate surface area is 681 Å². The highest BCUT2D eigenvalue weighted by Gasteiger charge is 2.40. The van der Waals surface area contributed by atoms with Crippen LogP contribution in [0.3, 0.4) is 0 Å². The molecule has 0 spiro atoms. The van der Waals surface area contributed by atoms with Crippen molar-refractivity contribution in [2.45, 2.75) is 255 Å². The van der Waals surface area contributed by atoms with E-state index in [1.165, 1.54) is 27.7 Å². The van der Waals surface area contributed by atoms with Crippen molar-refractivity contribution in [2.24, 2.45) is 56.2 Å². The molecule has 0 aliphatic carbocycles. The number of amides is 14. The first-order chi connectivity index (χ1) is 55.3. The van der Waals surface area contributed by atoms with Gasteiger partial charge in [-0.05, 0) is 110 Å². The molecule has 0 aliphatic rings. The Morgan fingerprint density at radius 3 is 1.00 bits per heavy atom. The molecule has 0 bridgehead atoms. The van der Waals surface area contributed by atoms with Crippen LogP contribution in [0.4, 0.5) is 0 Å². The minimum Gasteiger partial charge on any atom is -0.481 e. The topological polar surface area (TPSA) is 873 Å². The van der Waals surface area contributed by atoms with Gasteiger partial charge in [-0.15, -0.1) is 0 Å². The number of carboxylic acids is 6. The average molecular weight is 1710 g/mol. The van der Waals surface area contributed by atoms with Crippen LogP contribution in [0.1, 0.15) is 152 Å². The first-order valence-corrected chi connectivity index (χ1v) is 37.5. The normalized spacial score (nSPS) is 15.3. The van der Waals surface area contributed by atoms with Gasteiger partial charge in [0.15, 0.2) is 11.9 Å². The molecule has 0 aromatic heterocycles. The van der Waals surface area contributed by atoms with E-state index in [1.807, 2.05) is 16.0 Å². The van der Waals surface area contributed by atoms with E-state index in [0.717, 1.165) is 27.7 Å². The highest BCUT2D eigenvalue weighted by atomic mass is 16.4. The molecule has 119 heavy (non-hydrogen) atoms. The SMILES string of the molecule is CC(C)[C@H](NC(=O)[C@@H](NC(=O)[C@H](CCCN=C(N)N)NC(=O)[C@@H](NC(=O)[C@H](C)NC(=O)[C@H](CCCN=C(N)N)NC(=O)[C@@H](NC(=O)[C@H](CCCCN)NC(=O)[C@H](CC(=O)O)NC(=O)CNC(=O)[C@H](CCC(=O)O)NC(=O)[C@@H](NC(=O)[C@H](CC(=O)O)NC(=O)[C@H](CCC(=O)O)NC(=O)[C@@H](N)CCC(=O)O)[C@@H](C)O)C(C)C)[C@@H](C)O)[C@@H](C)O)C(=O)O. The van der Waals surface area contributed by atoms with Gasteiger partial charge >= 0.3 is 35.8 Å². The Morgan fingerprint density at radius 1 is 0.311 bits per heavy atom. The molecule has 51 nitrogen and oxygen atoms in total. The second-order valence-corrected chi connectivity index (χ2v) is 28.2. The number of aliphatic imine (C=N–C) groups is 2. The van der Waals surface area contributed by atoms with E-state index >= 15 is 0 Å². The van der Waals surface area contributed by atoms with E-state index in [0.29, 0.717) is 0 Å². The number of carboxylic acid groups (broad SMARTS) is 6. The number of guanidine groups is 2. The summed E-state index contributed by atoms with van der Waals surface area (Å²) in [5.41, 5.74) is 33.3. The summed E-state index contributed by atoms with van der Waals surface area (Å²) in [5.74, 6) is -28.9. The fourth-order valence-electron chi connectivity index (χ4n) is 10.6. The molecule has 0 radical (unpaired) electrons. The summed E-state index contributed by atoms with van der Waals surface area (Å²) in [7, 11) is 0. The van der Waals surface area contributed by atoms with Crippen LogP contribution >= 0.6 is 0 Å². The smallest absolute Gasteiger partial charge is 0.326 e. The average Bonchev–Trinajstić information content (AvgIpc) is 0.852. The number of hydrogen-bond donors (Lipinski definition) is 29. The van der Waals surface area contributed by atoms with Crippen LogP contribution < -0.4 is 109 Å². The second-order valence-electron chi connectivity index (χ2n) is 28.2. The molecule has 0 saturated heterocycles. The molecule has 0 aromatic carbocycles. The molecule has 0 fully saturated rings. The molecule has 14 amide bonds. The number of aliphatic hydroxyl groups is 3. The molecule has 0 aromatic rings. The minimum atomic E-state index is -2.19. The number of nitrogens with zero attached hydrogens (tertiary/aromatic N) is 2. The zero-order valence-electron chi connectivity index (χ0n) is 67.0. The zero-order chi connectivity index (χ0) is 91.4. The van der Waals surface area contributed by atoms with Crippen LogP contribution in [0.15, 0.2) is 9.98 Å². The van der Waals surface area contributed by atoms with Crippen molar-refractivity contribution in [2.75, 3.05) is 26.2 Å². The molecule has 17 atom stereocenters. The Bertz CT molecular complexity index is 3590. The standard InChI is InChI=1S/C68H116N22O29/c1-28(2)48(62(114)82-36(14-11-23-75-67(71)72)56(108)78-30(5)53(105)88-50(31(6)91)63(115)83-37(15-12-24-76-68(73)74)59(111)89-52(33(8)93)65(117)87-49(29(3)4)66(118)119)86-58(110)35(13-9-10-22-69)81-60(112)40(25-46(101)102)79-42(94)27-77-55(107)38(17-20-44(97)98)84-64(116)51(32(7)92)90-61(113)41(26-47(103)104)85-57(109)39(18-21-45(99)100)80-54(106)34(70)16-19-43(95)96/h28-41,48-52,91-93H,9-27,69-70H2,1-8H3,(H,77,107)(H,78,108)(H,79,94)(H,80,106)(H,81,112)(H,82,114)(H,83,115)(H,84,116)(H,85,109)(H,86,110)(H,87,117)(H,88,105)(H,89,111)(H,90,113)(H,95,96)(H,97,98)(H,99,100)(H,101,102)(H,103,104)(H,118,119)(H4,71,72,75)(H4,73,74,76)/t30-,31+,32+,33+,34-,35-,36-,37-,38-,39-,40-,41-,48-,49-,50-,51-,52-/m0/s1. The predicted octanol–water partition coefficient (Wildman–Crippen LogP) is -11.9. The number of aliphatic hydroxyl groups excluding tert-OH is 3. The molecule has 0 heterocycles. The van der Waals surface area contributed by atoms with E-state index in [2.05, 4.69) is 68.5 Å². The van der Waals surface area contributed by atoms with Crippen molar-refractivity contribution in [1.29, 1.82) is 0 Å². The van der Waals surface area contributed by atoms with E-state index in [1.54, 1.807) is 0 Å². The number of unbranched alkanes of at least 4 members (excludes halogenated alkanes) is 1. The third kappa shape index (κ3) is 43.0. The number of nitrogens with one attached hydrogen (secondary N) is 14. The van der Waals surface area contributed by atoms with E-state index in [9.17, 15) is 137 Å². The van der Waals surface area contributed by atoms with Gasteiger partial charge in [-0.2, -0.15) is 0 Å². The Balaban J connectivity index is 6.93. The van der Waals surface area contributed by atoms with Gasteiger partial charge in [-0.25, -0.2) is 4.79 Å². The maximum Gasteiger partial charge on any atom is 0.326 e. The molecule has 672 valence electrons. The summed E-state index contributed by atoms with van der Waals surface area (Å²) in [5, 5.41) is 120. The highest BCUT2D eigenvalue weighted by Crippen LogP contribution is 2.13. The lowest BCUT2D eigenvalue weighted by Crippen LogP contribution is -2.62. The third-order valence-corrected chi connectivity index (χ3v) is 17.2. The molecular weight excluding hydrogens is 1590 g/mol. The summed E-state index contributed by atoms with van der Waals surface area (Å²) < 4.78 is 0. The molecule has 0 aliphatic heterocycles. The van der Waals surface area contributed by atoms with Crippen LogP contribution in [0, 0.1) is 11.8 Å². The maximum absolute atomic E-state index is 14.4. The number of nitrogens with two attached hydrogens (primary N) is 6. The summed E-state index contributed by atoms with van der Waals surface area (Å²) in [4.78, 5) is 270. The lowest BCUT2D eigenvalue weighted by atomic mass is 10.0. The lowest BCUT2D eigenvalue weighted by Gasteiger charge is -2.29. The summed E-state index contributed by atoms with van der Waals surface area (Å²) in [6.45, 7) is 8.73. The summed E-state index contributed by atoms with van der Waals surface area (Å²) in [6.07, 6.45) is -12.7. The van der Waals surface area contributed by atoms with E-state index in [-0.39, 0.29) is 76.5 Å².